The van der Waals surface area contributed by atoms with E-state index in [1.165, 1.54) is 27.8 Å². The molecule has 0 aliphatic rings. The lowest BCUT2D eigenvalue weighted by atomic mass is 9.92. The Hall–Kier alpha value is -3.74. The third-order valence-corrected chi connectivity index (χ3v) is 12.0. The average Bonchev–Trinajstić information content (AvgIpc) is 3.04. The van der Waals surface area contributed by atoms with Crippen LogP contribution in [-0.2, 0) is 25.3 Å². The number of benzene rings is 5. The summed E-state index contributed by atoms with van der Waals surface area (Å²) in [6.07, 6.45) is 1.14. The minimum atomic E-state index is -5.49. The zero-order valence-electron chi connectivity index (χ0n) is 26.1. The first kappa shape index (κ1) is 35.6. The number of hydrogen-bond donors (Lipinski definition) is 6. The fraction of sp³-hybridized carbons (Fsp3) is 0.273. The van der Waals surface area contributed by atoms with Crippen LogP contribution in [0.5, 0.6) is 5.75 Å². The lowest BCUT2D eigenvalue weighted by molar-refractivity contribution is -0.126. The van der Waals surface area contributed by atoms with Gasteiger partial charge in [-0.3, -0.25) is 13.9 Å². The van der Waals surface area contributed by atoms with Gasteiger partial charge < -0.3 is 39.1 Å². The van der Waals surface area contributed by atoms with Gasteiger partial charge in [0.2, 0.25) is 0 Å². The van der Waals surface area contributed by atoms with Crippen LogP contribution < -0.4 is 10.2 Å². The molecule has 0 radical (unpaired) electrons. The molecule has 15 heteroatoms. The van der Waals surface area contributed by atoms with E-state index in [1.54, 1.807) is 36.2 Å². The molecule has 6 N–H and O–H groups in total. The van der Waals surface area contributed by atoms with Crippen LogP contribution in [0.1, 0.15) is 24.0 Å². The SMILES string of the molecule is CN(CCCOc1cccc(/C=N/NC(=O)COCc2ccc3ccc4cccc5ccc2c3c45)c1)CCC(O)(P(=O)(O)O)P(=O)(O)O. The monoisotopic (exact) mass is 697 g/mol. The first-order valence-electron chi connectivity index (χ1n) is 15.1. The maximum absolute atomic E-state index is 12.4. The summed E-state index contributed by atoms with van der Waals surface area (Å²) in [4.78, 5) is 51.0. The van der Waals surface area contributed by atoms with Gasteiger partial charge >= 0.3 is 15.2 Å². The summed E-state index contributed by atoms with van der Waals surface area (Å²) in [7, 11) is -9.39. The Labute approximate surface area is 276 Å². The molecule has 254 valence electrons. The van der Waals surface area contributed by atoms with Crippen LogP contribution in [0.2, 0.25) is 0 Å². The van der Waals surface area contributed by atoms with Crippen molar-refractivity contribution in [3.8, 4) is 5.75 Å². The van der Waals surface area contributed by atoms with Crippen molar-refractivity contribution in [3.05, 3.63) is 90.0 Å². The highest BCUT2D eigenvalue weighted by molar-refractivity contribution is 7.72. The van der Waals surface area contributed by atoms with Crippen molar-refractivity contribution in [2.24, 2.45) is 5.10 Å². The molecule has 1 amide bonds. The molecule has 5 aromatic rings. The van der Waals surface area contributed by atoms with Crippen LogP contribution in [0.25, 0.3) is 32.3 Å². The highest BCUT2D eigenvalue weighted by Crippen LogP contribution is 2.68. The summed E-state index contributed by atoms with van der Waals surface area (Å²) in [6, 6.07) is 25.8. The molecule has 0 aromatic heterocycles. The van der Waals surface area contributed by atoms with Gasteiger partial charge in [-0.15, -0.1) is 0 Å². The van der Waals surface area contributed by atoms with Crippen molar-refractivity contribution in [2.75, 3.05) is 33.4 Å². The number of rotatable bonds is 16. The number of aliphatic hydroxyl groups is 1. The standard InChI is InChI=1S/C33H37N3O10P2/c1-36(17-15-33(38,47(39,40)41)48(42,43)44)16-4-18-46-28-8-2-5-23(19-28)20-34-35-30(37)22-45-21-27-12-11-26-10-9-24-6-3-7-25-13-14-29(27)32(26)31(24)25/h2-3,5-14,19-20,38H,4,15-18,21-22H2,1H3,(H,35,37)(H2,39,40,41)(H2,42,43,44)/b34-20+. The third kappa shape index (κ3) is 8.10. The van der Waals surface area contributed by atoms with Gasteiger partial charge in [-0.2, -0.15) is 5.10 Å². The smallest absolute Gasteiger partial charge is 0.369 e. The number of nitrogens with one attached hydrogen (secondary N) is 1. The van der Waals surface area contributed by atoms with E-state index in [0.29, 0.717) is 24.3 Å². The van der Waals surface area contributed by atoms with Crippen LogP contribution in [0, 0.1) is 0 Å². The van der Waals surface area contributed by atoms with Crippen LogP contribution in [0.4, 0.5) is 0 Å². The topological polar surface area (TPSA) is 198 Å². The predicted octanol–water partition coefficient (Wildman–Crippen LogP) is 4.34. The van der Waals surface area contributed by atoms with E-state index in [9.17, 15) is 38.6 Å². The van der Waals surface area contributed by atoms with E-state index < -0.39 is 32.6 Å². The average molecular weight is 698 g/mol. The van der Waals surface area contributed by atoms with Crippen molar-refractivity contribution in [1.82, 2.24) is 10.3 Å². The molecule has 0 fully saturated rings. The second-order valence-corrected chi connectivity index (χ2v) is 15.6. The molecule has 0 spiro atoms. The Bertz CT molecular complexity index is 1990. The first-order chi connectivity index (χ1) is 22.8. The van der Waals surface area contributed by atoms with E-state index >= 15 is 0 Å². The molecule has 13 nitrogen and oxygen atoms in total. The molecule has 0 heterocycles. The van der Waals surface area contributed by atoms with E-state index in [0.717, 1.165) is 16.3 Å². The van der Waals surface area contributed by atoms with E-state index in [2.05, 4.69) is 59.1 Å². The van der Waals surface area contributed by atoms with Crippen molar-refractivity contribution in [1.29, 1.82) is 0 Å². The van der Waals surface area contributed by atoms with Gasteiger partial charge in [-0.1, -0.05) is 66.7 Å². The Balaban J connectivity index is 1.05. The minimum Gasteiger partial charge on any atom is -0.494 e. The van der Waals surface area contributed by atoms with Gasteiger partial charge in [-0.05, 0) is 69.0 Å². The van der Waals surface area contributed by atoms with Crippen LogP contribution in [0.3, 0.4) is 0 Å². The summed E-state index contributed by atoms with van der Waals surface area (Å²) < 4.78 is 34.5. The third-order valence-electron chi connectivity index (χ3n) is 8.09. The van der Waals surface area contributed by atoms with E-state index in [-0.39, 0.29) is 26.4 Å². The van der Waals surface area contributed by atoms with Gasteiger partial charge in [-0.25, -0.2) is 5.43 Å². The Morgan fingerprint density at radius 3 is 2.25 bits per heavy atom. The zero-order valence-corrected chi connectivity index (χ0v) is 27.9. The molecular weight excluding hydrogens is 660 g/mol. The van der Waals surface area contributed by atoms with Crippen LogP contribution >= 0.6 is 15.2 Å². The largest absolute Gasteiger partial charge is 0.494 e. The summed E-state index contributed by atoms with van der Waals surface area (Å²) in [5.74, 6) is 0.141. The maximum atomic E-state index is 12.4. The molecule has 0 bridgehead atoms. The molecule has 0 saturated carbocycles. The molecule has 0 aliphatic carbocycles. The summed E-state index contributed by atoms with van der Waals surface area (Å²) in [6.45, 7) is 0.560. The molecule has 5 aromatic carbocycles. The molecule has 48 heavy (non-hydrogen) atoms. The highest BCUT2D eigenvalue weighted by Gasteiger charge is 2.58. The number of hydrazone groups is 1. The van der Waals surface area contributed by atoms with Crippen LogP contribution in [-0.4, -0.2) is 80.1 Å². The second-order valence-electron chi connectivity index (χ2n) is 11.6. The Kier molecular flexibility index (Phi) is 11.0. The molecule has 5 rings (SSSR count). The van der Waals surface area contributed by atoms with Crippen molar-refractivity contribution in [2.45, 2.75) is 24.5 Å². The van der Waals surface area contributed by atoms with Gasteiger partial charge in [0.15, 0.2) is 0 Å². The summed E-state index contributed by atoms with van der Waals surface area (Å²) in [5, 5.41) is 17.6. The van der Waals surface area contributed by atoms with E-state index in [1.807, 2.05) is 6.07 Å². The number of hydrogen-bond acceptors (Lipinski definition) is 8. The predicted molar refractivity (Wildman–Crippen MR) is 183 cm³/mol. The Morgan fingerprint density at radius 1 is 0.896 bits per heavy atom. The lowest BCUT2D eigenvalue weighted by Gasteiger charge is -2.30. The Morgan fingerprint density at radius 2 is 1.54 bits per heavy atom. The number of amides is 1. The quantitative estimate of drug-likeness (QED) is 0.0282. The van der Waals surface area contributed by atoms with Gasteiger partial charge in [0, 0.05) is 19.5 Å². The summed E-state index contributed by atoms with van der Waals surface area (Å²) >= 11 is 0. The fourth-order valence-corrected chi connectivity index (χ4v) is 7.65. The molecule has 0 aliphatic heterocycles. The number of ether oxygens (including phenoxy) is 2. The molecule has 0 unspecified atom stereocenters. The highest BCUT2D eigenvalue weighted by atomic mass is 31.2. The zero-order chi connectivity index (χ0) is 34.5. The normalized spacial score (nSPS) is 13.0. The maximum Gasteiger partial charge on any atom is 0.369 e. The van der Waals surface area contributed by atoms with Gasteiger partial charge in [0.25, 0.3) is 11.0 Å². The molecule has 0 atom stereocenters. The molecular formula is C33H37N3O10P2. The van der Waals surface area contributed by atoms with Crippen LogP contribution in [0.15, 0.2) is 84.0 Å². The number of carbonyl (C=O) groups is 1. The fourth-order valence-electron chi connectivity index (χ4n) is 5.51. The van der Waals surface area contributed by atoms with Crippen molar-refractivity contribution in [3.63, 3.8) is 0 Å². The number of carbonyl (C=O) groups excluding carboxylic acids is 1. The second kappa shape index (κ2) is 14.8. The molecule has 0 saturated heterocycles. The summed E-state index contributed by atoms with van der Waals surface area (Å²) in [5.41, 5.74) is 4.13. The van der Waals surface area contributed by atoms with Gasteiger partial charge in [0.1, 0.15) is 12.4 Å². The van der Waals surface area contributed by atoms with E-state index in [4.69, 9.17) is 9.47 Å². The first-order valence-corrected chi connectivity index (χ1v) is 18.3. The van der Waals surface area contributed by atoms with Gasteiger partial charge in [0.05, 0.1) is 19.4 Å². The minimum absolute atomic E-state index is 0.171. The van der Waals surface area contributed by atoms with Crippen molar-refractivity contribution >= 4 is 59.6 Å². The lowest BCUT2D eigenvalue weighted by Crippen LogP contribution is -2.34. The number of nitrogens with zero attached hydrogens (tertiary/aromatic N) is 2. The van der Waals surface area contributed by atoms with Crippen molar-refractivity contribution < 1.29 is 48.1 Å².